The number of carbonyl (C=O) groups excluding carboxylic acids is 1. The maximum absolute atomic E-state index is 12.6. The van der Waals surface area contributed by atoms with Gasteiger partial charge < -0.3 is 10.1 Å². The van der Waals surface area contributed by atoms with Gasteiger partial charge in [-0.15, -0.1) is 23.2 Å². The van der Waals surface area contributed by atoms with Gasteiger partial charge >= 0.3 is 0 Å². The smallest absolute Gasteiger partial charge is 0.231 e. The highest BCUT2D eigenvalue weighted by molar-refractivity contribution is 6.53. The van der Waals surface area contributed by atoms with Gasteiger partial charge in [-0.25, -0.2) is 0 Å². The number of carbonyl (C=O) groups is 1. The minimum atomic E-state index is -1.08. The van der Waals surface area contributed by atoms with Crippen molar-refractivity contribution in [3.8, 4) is 5.75 Å². The van der Waals surface area contributed by atoms with Crippen molar-refractivity contribution >= 4 is 34.8 Å². The molecular weight excluding hydrogens is 333 g/mol. The molecule has 1 amide bonds. The van der Waals surface area contributed by atoms with Crippen molar-refractivity contribution in [3.63, 3.8) is 0 Å². The van der Waals surface area contributed by atoms with Gasteiger partial charge in [0, 0.05) is 5.92 Å². The highest BCUT2D eigenvalue weighted by Crippen LogP contribution is 2.65. The second kappa shape index (κ2) is 6.42. The summed E-state index contributed by atoms with van der Waals surface area (Å²) in [5.41, 5.74) is 1.60. The van der Waals surface area contributed by atoms with Crippen molar-refractivity contribution < 1.29 is 9.53 Å². The van der Waals surface area contributed by atoms with Gasteiger partial charge in [0.05, 0.1) is 18.2 Å². The molecule has 0 heterocycles. The Balaban J connectivity index is 1.77. The Hall–Kier alpha value is -1.71. The van der Waals surface area contributed by atoms with Crippen LogP contribution in [0.2, 0.25) is 0 Å². The minimum absolute atomic E-state index is 0.198. The molecule has 120 valence electrons. The summed E-state index contributed by atoms with van der Waals surface area (Å²) in [5.74, 6) is -0.250. The highest BCUT2D eigenvalue weighted by Gasteiger charge is 2.67. The highest BCUT2D eigenvalue weighted by atomic mass is 35.5. The van der Waals surface area contributed by atoms with Gasteiger partial charge in [-0.2, -0.15) is 0 Å². The second-order valence-corrected chi connectivity index (χ2v) is 6.90. The van der Waals surface area contributed by atoms with Crippen LogP contribution in [0.1, 0.15) is 18.4 Å². The topological polar surface area (TPSA) is 38.3 Å². The first-order valence-corrected chi connectivity index (χ1v) is 8.26. The zero-order valence-corrected chi connectivity index (χ0v) is 14.1. The van der Waals surface area contributed by atoms with Crippen molar-refractivity contribution in [2.75, 3.05) is 11.9 Å². The number of hydrogen-bond acceptors (Lipinski definition) is 2. The van der Waals surface area contributed by atoms with E-state index in [1.54, 1.807) is 6.07 Å². The van der Waals surface area contributed by atoms with E-state index in [4.69, 9.17) is 27.9 Å². The van der Waals surface area contributed by atoms with E-state index in [-0.39, 0.29) is 11.8 Å². The van der Waals surface area contributed by atoms with E-state index in [0.717, 1.165) is 5.56 Å². The van der Waals surface area contributed by atoms with Crippen molar-refractivity contribution in [1.82, 2.24) is 0 Å². The fourth-order valence-electron chi connectivity index (χ4n) is 2.79. The zero-order chi connectivity index (χ0) is 16.4. The lowest BCUT2D eigenvalue weighted by Gasteiger charge is -2.11. The van der Waals surface area contributed by atoms with Crippen LogP contribution >= 0.6 is 23.2 Å². The summed E-state index contributed by atoms with van der Waals surface area (Å²) >= 11 is 12.7. The van der Waals surface area contributed by atoms with E-state index in [9.17, 15) is 4.79 Å². The molecule has 1 aliphatic carbocycles. The molecule has 2 atom stereocenters. The van der Waals surface area contributed by atoms with Crippen molar-refractivity contribution in [3.05, 3.63) is 60.2 Å². The summed E-state index contributed by atoms with van der Waals surface area (Å²) in [4.78, 5) is 12.6. The third-order valence-electron chi connectivity index (χ3n) is 3.94. The molecule has 1 fully saturated rings. The zero-order valence-electron chi connectivity index (χ0n) is 12.6. The van der Waals surface area contributed by atoms with E-state index in [1.807, 2.05) is 55.5 Å². The van der Waals surface area contributed by atoms with Gasteiger partial charge in [0.2, 0.25) is 5.91 Å². The Morgan fingerprint density at radius 3 is 2.48 bits per heavy atom. The number of benzene rings is 2. The van der Waals surface area contributed by atoms with Crippen LogP contribution in [-0.4, -0.2) is 16.8 Å². The Morgan fingerprint density at radius 1 is 1.13 bits per heavy atom. The van der Waals surface area contributed by atoms with Crippen LogP contribution in [0.5, 0.6) is 5.75 Å². The minimum Gasteiger partial charge on any atom is -0.492 e. The molecule has 1 N–H and O–H groups in total. The van der Waals surface area contributed by atoms with Crippen LogP contribution < -0.4 is 10.1 Å². The lowest BCUT2D eigenvalue weighted by atomic mass is 10.1. The molecule has 0 bridgehead atoms. The van der Waals surface area contributed by atoms with Gasteiger partial charge in [0.25, 0.3) is 0 Å². The average molecular weight is 350 g/mol. The molecule has 3 rings (SSSR count). The number of nitrogens with one attached hydrogen (secondary N) is 1. The Morgan fingerprint density at radius 2 is 1.78 bits per heavy atom. The number of alkyl halides is 2. The van der Waals surface area contributed by atoms with E-state index < -0.39 is 10.3 Å². The standard InChI is InChI=1S/C18H17Cl2NO2/c1-2-23-14-11-7-6-10-13(14)21-17(22)16-15(18(16,19)20)12-8-4-3-5-9-12/h3-11,15-16H,2H2,1H3,(H,21,22)/t15-,16-/m0/s1. The molecule has 2 aromatic carbocycles. The number of anilines is 1. The summed E-state index contributed by atoms with van der Waals surface area (Å²) in [7, 11) is 0. The van der Waals surface area contributed by atoms with Crippen LogP contribution in [-0.2, 0) is 4.79 Å². The van der Waals surface area contributed by atoms with Crippen LogP contribution in [0.25, 0.3) is 0 Å². The lowest BCUT2D eigenvalue weighted by Crippen LogP contribution is -2.17. The first-order valence-electron chi connectivity index (χ1n) is 7.51. The van der Waals surface area contributed by atoms with Gasteiger partial charge in [0.15, 0.2) is 0 Å². The van der Waals surface area contributed by atoms with Crippen LogP contribution in [0.15, 0.2) is 54.6 Å². The van der Waals surface area contributed by atoms with Gasteiger partial charge in [-0.05, 0) is 24.6 Å². The van der Waals surface area contributed by atoms with Crippen LogP contribution in [0, 0.1) is 5.92 Å². The summed E-state index contributed by atoms with van der Waals surface area (Å²) in [6.07, 6.45) is 0. The number of rotatable bonds is 5. The molecule has 1 saturated carbocycles. The normalized spacial score (nSPS) is 21.5. The molecular formula is C18H17Cl2NO2. The van der Waals surface area contributed by atoms with Crippen LogP contribution in [0.4, 0.5) is 5.69 Å². The number of amides is 1. The van der Waals surface area contributed by atoms with E-state index in [0.29, 0.717) is 18.0 Å². The maximum Gasteiger partial charge on any atom is 0.231 e. The molecule has 0 aromatic heterocycles. The summed E-state index contributed by atoms with van der Waals surface area (Å²) in [6, 6.07) is 16.9. The van der Waals surface area contributed by atoms with E-state index in [1.165, 1.54) is 0 Å². The molecule has 0 spiro atoms. The van der Waals surface area contributed by atoms with Crippen molar-refractivity contribution in [2.45, 2.75) is 17.2 Å². The SMILES string of the molecule is CCOc1ccccc1NC(=O)[C@@H]1[C@H](c2ccccc2)C1(Cl)Cl. The summed E-state index contributed by atoms with van der Waals surface area (Å²) in [5, 5.41) is 2.88. The van der Waals surface area contributed by atoms with Crippen LogP contribution in [0.3, 0.4) is 0 Å². The van der Waals surface area contributed by atoms with E-state index in [2.05, 4.69) is 5.32 Å². The maximum atomic E-state index is 12.6. The fraction of sp³-hybridized carbons (Fsp3) is 0.278. The monoisotopic (exact) mass is 349 g/mol. The van der Waals surface area contributed by atoms with Gasteiger partial charge in [-0.3, -0.25) is 4.79 Å². The third-order valence-corrected chi connectivity index (χ3v) is 4.88. The lowest BCUT2D eigenvalue weighted by molar-refractivity contribution is -0.117. The number of para-hydroxylation sites is 2. The molecule has 5 heteroatoms. The quantitative estimate of drug-likeness (QED) is 0.800. The Bertz CT molecular complexity index is 703. The van der Waals surface area contributed by atoms with Gasteiger partial charge in [-0.1, -0.05) is 42.5 Å². The largest absolute Gasteiger partial charge is 0.492 e. The van der Waals surface area contributed by atoms with Gasteiger partial charge in [0.1, 0.15) is 10.1 Å². The molecule has 2 aromatic rings. The molecule has 1 aliphatic rings. The first kappa shape index (κ1) is 16.2. The predicted octanol–water partition coefficient (Wildman–Crippen LogP) is 4.61. The molecule has 0 unspecified atom stereocenters. The second-order valence-electron chi connectivity index (χ2n) is 5.46. The number of halogens is 2. The van der Waals surface area contributed by atoms with E-state index >= 15 is 0 Å². The molecule has 0 saturated heterocycles. The Labute approximate surface area is 145 Å². The summed E-state index contributed by atoms with van der Waals surface area (Å²) in [6.45, 7) is 2.42. The van der Waals surface area contributed by atoms with Crippen molar-refractivity contribution in [2.24, 2.45) is 5.92 Å². The average Bonchev–Trinajstić information content (AvgIpc) is 3.13. The summed E-state index contributed by atoms with van der Waals surface area (Å²) < 4.78 is 4.44. The molecule has 0 aliphatic heterocycles. The fourth-order valence-corrected chi connectivity index (χ4v) is 3.62. The first-order chi connectivity index (χ1) is 11.1. The Kier molecular flexibility index (Phi) is 4.51. The number of ether oxygens (including phenoxy) is 1. The van der Waals surface area contributed by atoms with Crippen molar-refractivity contribution in [1.29, 1.82) is 0 Å². The third kappa shape index (κ3) is 3.17. The molecule has 23 heavy (non-hydrogen) atoms. The molecule has 3 nitrogen and oxygen atoms in total. The predicted molar refractivity (Wildman–Crippen MR) is 93.4 cm³/mol. The number of hydrogen-bond donors (Lipinski definition) is 1. The molecule has 0 radical (unpaired) electrons.